The highest BCUT2D eigenvalue weighted by Crippen LogP contribution is 2.34. The number of imidazole rings is 1. The lowest BCUT2D eigenvalue weighted by Gasteiger charge is -2.36. The predicted molar refractivity (Wildman–Crippen MR) is 85.9 cm³/mol. The summed E-state index contributed by atoms with van der Waals surface area (Å²) in [4.78, 5) is 22.6. The average molecular weight is 298 g/mol. The Morgan fingerprint density at radius 2 is 2.05 bits per heavy atom. The lowest BCUT2D eigenvalue weighted by molar-refractivity contribution is 0.0873. The Morgan fingerprint density at radius 3 is 2.73 bits per heavy atom. The number of piperidine rings is 1. The van der Waals surface area contributed by atoms with Crippen molar-refractivity contribution in [2.24, 2.45) is 0 Å². The van der Waals surface area contributed by atoms with Crippen molar-refractivity contribution < 1.29 is 4.79 Å². The second-order valence-corrected chi connectivity index (χ2v) is 6.75. The minimum atomic E-state index is -0.0791. The van der Waals surface area contributed by atoms with Gasteiger partial charge in [-0.25, -0.2) is 4.98 Å². The molecule has 2 N–H and O–H groups in total. The number of aryl methyl sites for hydroxylation is 1. The number of fused-ring (bicyclic) bond motifs is 3. The van der Waals surface area contributed by atoms with Crippen molar-refractivity contribution in [2.75, 3.05) is 7.05 Å². The van der Waals surface area contributed by atoms with Crippen LogP contribution in [0.2, 0.25) is 0 Å². The smallest absolute Gasteiger partial charge is 0.287 e. The largest absolute Gasteiger partial charge is 0.347 e. The van der Waals surface area contributed by atoms with E-state index in [2.05, 4.69) is 27.2 Å². The summed E-state index contributed by atoms with van der Waals surface area (Å²) >= 11 is 0. The maximum atomic E-state index is 12.5. The SMILES string of the molecule is Cc1cccc2[nH]c(C(=O)N[C@H]3C[C@H]4CC[C@@H](C3)N4C)nc12. The Hall–Kier alpha value is -1.88. The molecule has 0 spiro atoms. The maximum Gasteiger partial charge on any atom is 0.287 e. The van der Waals surface area contributed by atoms with Crippen LogP contribution in [-0.2, 0) is 0 Å². The van der Waals surface area contributed by atoms with Gasteiger partial charge in [0.1, 0.15) is 0 Å². The number of carbonyl (C=O) groups excluding carboxylic acids is 1. The first-order valence-corrected chi connectivity index (χ1v) is 8.10. The van der Waals surface area contributed by atoms with Crippen LogP contribution in [0.4, 0.5) is 0 Å². The van der Waals surface area contributed by atoms with Gasteiger partial charge in [-0.15, -0.1) is 0 Å². The molecule has 4 rings (SSSR count). The molecule has 2 fully saturated rings. The van der Waals surface area contributed by atoms with Gasteiger partial charge in [0.05, 0.1) is 11.0 Å². The van der Waals surface area contributed by atoms with Gasteiger partial charge in [-0.05, 0) is 51.3 Å². The first kappa shape index (κ1) is 13.8. The molecule has 116 valence electrons. The Kier molecular flexibility index (Phi) is 3.18. The molecule has 3 atom stereocenters. The van der Waals surface area contributed by atoms with E-state index in [1.807, 2.05) is 25.1 Å². The second kappa shape index (κ2) is 5.09. The van der Waals surface area contributed by atoms with E-state index in [4.69, 9.17) is 0 Å². The molecule has 2 aliphatic rings. The monoisotopic (exact) mass is 298 g/mol. The quantitative estimate of drug-likeness (QED) is 0.894. The molecule has 5 heteroatoms. The van der Waals surface area contributed by atoms with Crippen LogP contribution in [0, 0.1) is 6.92 Å². The minimum Gasteiger partial charge on any atom is -0.347 e. The summed E-state index contributed by atoms with van der Waals surface area (Å²) in [6.45, 7) is 2.01. The molecule has 5 nitrogen and oxygen atoms in total. The van der Waals surface area contributed by atoms with E-state index in [0.717, 1.165) is 29.4 Å². The molecule has 0 saturated carbocycles. The molecule has 1 amide bonds. The maximum absolute atomic E-state index is 12.5. The van der Waals surface area contributed by atoms with Crippen LogP contribution < -0.4 is 5.32 Å². The molecule has 2 bridgehead atoms. The standard InChI is InChI=1S/C17H22N4O/c1-10-4-3-5-14-15(10)20-16(19-14)17(22)18-11-8-12-6-7-13(9-11)21(12)2/h3-5,11-13H,6-9H2,1-2H3,(H,18,22)(H,19,20)/t11-,12+,13-. The fourth-order valence-electron chi connectivity index (χ4n) is 4.07. The molecular formula is C17H22N4O. The summed E-state index contributed by atoms with van der Waals surface area (Å²) in [7, 11) is 2.21. The van der Waals surface area contributed by atoms with Crippen LogP contribution >= 0.6 is 0 Å². The number of hydrogen-bond acceptors (Lipinski definition) is 3. The molecule has 1 aromatic carbocycles. The Morgan fingerprint density at radius 1 is 1.32 bits per heavy atom. The van der Waals surface area contributed by atoms with Crippen LogP contribution in [0.3, 0.4) is 0 Å². The summed E-state index contributed by atoms with van der Waals surface area (Å²) in [5, 5.41) is 3.18. The fourth-order valence-corrected chi connectivity index (χ4v) is 4.07. The zero-order valence-corrected chi connectivity index (χ0v) is 13.1. The van der Waals surface area contributed by atoms with Crippen LogP contribution in [0.1, 0.15) is 41.9 Å². The fraction of sp³-hybridized carbons (Fsp3) is 0.529. The van der Waals surface area contributed by atoms with Crippen molar-refractivity contribution in [2.45, 2.75) is 50.7 Å². The summed E-state index contributed by atoms with van der Waals surface area (Å²) in [6, 6.07) is 7.48. The van der Waals surface area contributed by atoms with E-state index in [1.54, 1.807) is 0 Å². The highest BCUT2D eigenvalue weighted by Gasteiger charge is 2.39. The summed E-state index contributed by atoms with van der Waals surface area (Å²) < 4.78 is 0. The highest BCUT2D eigenvalue weighted by molar-refractivity contribution is 5.94. The van der Waals surface area contributed by atoms with Gasteiger partial charge in [0.15, 0.2) is 5.82 Å². The highest BCUT2D eigenvalue weighted by atomic mass is 16.2. The van der Waals surface area contributed by atoms with E-state index in [9.17, 15) is 4.79 Å². The third-order valence-corrected chi connectivity index (χ3v) is 5.36. The normalized spacial score (nSPS) is 28.2. The van der Waals surface area contributed by atoms with Crippen LogP contribution in [0.25, 0.3) is 11.0 Å². The van der Waals surface area contributed by atoms with Crippen molar-refractivity contribution in [1.82, 2.24) is 20.2 Å². The predicted octanol–water partition coefficient (Wildman–Crippen LogP) is 2.23. The topological polar surface area (TPSA) is 61.0 Å². The second-order valence-electron chi connectivity index (χ2n) is 6.75. The average Bonchev–Trinajstić information content (AvgIpc) is 3.00. The number of carbonyl (C=O) groups is 1. The van der Waals surface area contributed by atoms with Gasteiger partial charge in [-0.3, -0.25) is 4.79 Å². The molecule has 2 saturated heterocycles. The molecule has 1 aromatic heterocycles. The van der Waals surface area contributed by atoms with Gasteiger partial charge in [-0.1, -0.05) is 12.1 Å². The lowest BCUT2D eigenvalue weighted by atomic mass is 9.98. The number of aromatic nitrogens is 2. The van der Waals surface area contributed by atoms with E-state index in [0.29, 0.717) is 17.9 Å². The van der Waals surface area contributed by atoms with Gasteiger partial charge in [0.25, 0.3) is 5.91 Å². The van der Waals surface area contributed by atoms with E-state index in [-0.39, 0.29) is 11.9 Å². The number of rotatable bonds is 2. The molecule has 0 radical (unpaired) electrons. The number of nitrogens with zero attached hydrogens (tertiary/aromatic N) is 2. The molecule has 0 aliphatic carbocycles. The van der Waals surface area contributed by atoms with Gasteiger partial charge >= 0.3 is 0 Å². The molecule has 2 aliphatic heterocycles. The van der Waals surface area contributed by atoms with Crippen molar-refractivity contribution in [3.05, 3.63) is 29.6 Å². The van der Waals surface area contributed by atoms with Crippen molar-refractivity contribution in [3.63, 3.8) is 0 Å². The first-order chi connectivity index (χ1) is 10.6. The van der Waals surface area contributed by atoms with Crippen LogP contribution in [-0.4, -0.2) is 45.9 Å². The zero-order valence-electron chi connectivity index (χ0n) is 13.1. The molecule has 2 aromatic rings. The van der Waals surface area contributed by atoms with Crippen LogP contribution in [0.5, 0.6) is 0 Å². The number of aromatic amines is 1. The number of benzene rings is 1. The summed E-state index contributed by atoms with van der Waals surface area (Å²) in [5.74, 6) is 0.347. The minimum absolute atomic E-state index is 0.0791. The van der Waals surface area contributed by atoms with Gasteiger partial charge in [0, 0.05) is 18.1 Å². The number of para-hydroxylation sites is 1. The Bertz CT molecular complexity index is 709. The van der Waals surface area contributed by atoms with E-state index < -0.39 is 0 Å². The van der Waals surface area contributed by atoms with Gasteiger partial charge in [0.2, 0.25) is 0 Å². The summed E-state index contributed by atoms with van der Waals surface area (Å²) in [5.41, 5.74) is 2.90. The van der Waals surface area contributed by atoms with Crippen molar-refractivity contribution in [1.29, 1.82) is 0 Å². The van der Waals surface area contributed by atoms with E-state index >= 15 is 0 Å². The van der Waals surface area contributed by atoms with Crippen molar-refractivity contribution >= 4 is 16.9 Å². The molecule has 22 heavy (non-hydrogen) atoms. The third kappa shape index (κ3) is 2.20. The molecule has 3 heterocycles. The number of H-pyrrole nitrogens is 1. The Labute approximate surface area is 130 Å². The molecular weight excluding hydrogens is 276 g/mol. The lowest BCUT2D eigenvalue weighted by Crippen LogP contribution is -2.48. The number of amides is 1. The number of nitrogens with one attached hydrogen (secondary N) is 2. The van der Waals surface area contributed by atoms with E-state index in [1.165, 1.54) is 12.8 Å². The zero-order chi connectivity index (χ0) is 15.3. The number of hydrogen-bond donors (Lipinski definition) is 2. The van der Waals surface area contributed by atoms with Gasteiger partial charge < -0.3 is 15.2 Å². The third-order valence-electron chi connectivity index (χ3n) is 5.36. The first-order valence-electron chi connectivity index (χ1n) is 8.10. The van der Waals surface area contributed by atoms with Crippen LogP contribution in [0.15, 0.2) is 18.2 Å². The Balaban J connectivity index is 1.51. The van der Waals surface area contributed by atoms with Crippen molar-refractivity contribution in [3.8, 4) is 0 Å². The summed E-state index contributed by atoms with van der Waals surface area (Å²) in [6.07, 6.45) is 4.63. The van der Waals surface area contributed by atoms with Gasteiger partial charge in [-0.2, -0.15) is 0 Å². The molecule has 0 unspecified atom stereocenters.